The summed E-state index contributed by atoms with van der Waals surface area (Å²) in [6.45, 7) is 6.23. The predicted molar refractivity (Wildman–Crippen MR) is 71.9 cm³/mol. The molecule has 18 heavy (non-hydrogen) atoms. The van der Waals surface area contributed by atoms with E-state index in [0.29, 0.717) is 12.3 Å². The van der Waals surface area contributed by atoms with E-state index in [4.69, 9.17) is 4.74 Å². The molecule has 0 spiro atoms. The first-order chi connectivity index (χ1) is 8.46. The molecule has 2 bridgehead atoms. The van der Waals surface area contributed by atoms with Crippen LogP contribution in [-0.2, 0) is 14.3 Å². The Morgan fingerprint density at radius 2 is 2.22 bits per heavy atom. The third-order valence-corrected chi connectivity index (χ3v) is 5.14. The molecule has 0 unspecified atom stereocenters. The van der Waals surface area contributed by atoms with Crippen molar-refractivity contribution < 1.29 is 14.3 Å². The van der Waals surface area contributed by atoms with Crippen LogP contribution in [0, 0.1) is 17.3 Å². The van der Waals surface area contributed by atoms with Crippen LogP contribution in [-0.4, -0.2) is 17.0 Å². The zero-order chi connectivity index (χ0) is 13.3. The van der Waals surface area contributed by atoms with E-state index in [1.807, 2.05) is 0 Å². The molecule has 1 saturated carbocycles. The van der Waals surface area contributed by atoms with Gasteiger partial charge in [-0.2, -0.15) is 0 Å². The van der Waals surface area contributed by atoms with E-state index in [1.165, 1.54) is 0 Å². The third-order valence-electron chi connectivity index (χ3n) is 4.40. The minimum absolute atomic E-state index is 0.0788. The van der Waals surface area contributed by atoms with Crippen LogP contribution in [0.25, 0.3) is 0 Å². The number of rotatable bonds is 4. The lowest BCUT2D eigenvalue weighted by Crippen LogP contribution is -2.49. The van der Waals surface area contributed by atoms with Crippen molar-refractivity contribution in [3.8, 4) is 0 Å². The number of esters is 1. The maximum Gasteiger partial charge on any atom is 0.306 e. The van der Waals surface area contributed by atoms with Gasteiger partial charge in [-0.1, -0.05) is 26.8 Å². The molecule has 4 heteroatoms. The van der Waals surface area contributed by atoms with Gasteiger partial charge in [-0.15, -0.1) is 0 Å². The molecule has 100 valence electrons. The quantitative estimate of drug-likeness (QED) is 0.580. The van der Waals surface area contributed by atoms with Gasteiger partial charge in [-0.05, 0) is 41.9 Å². The third kappa shape index (κ3) is 2.35. The Balaban J connectivity index is 1.87. The van der Waals surface area contributed by atoms with Crippen molar-refractivity contribution in [3.63, 3.8) is 0 Å². The fraction of sp³-hybridized carbons (Fsp3) is 0.714. The summed E-state index contributed by atoms with van der Waals surface area (Å²) in [6, 6.07) is 0. The van der Waals surface area contributed by atoms with Crippen LogP contribution in [0.3, 0.4) is 0 Å². The topological polar surface area (TPSA) is 43.4 Å². The van der Waals surface area contributed by atoms with Crippen molar-refractivity contribution >= 4 is 22.8 Å². The SMILES string of the molecule is CCC(=O)OCSC(=O)C1=CC[C@@H]2C[C@H]1C2(C)C. The monoisotopic (exact) mass is 268 g/mol. The van der Waals surface area contributed by atoms with Crippen LogP contribution in [0.15, 0.2) is 11.6 Å². The van der Waals surface area contributed by atoms with Crippen LogP contribution in [0.5, 0.6) is 0 Å². The minimum Gasteiger partial charge on any atom is -0.454 e. The molecule has 1 fully saturated rings. The van der Waals surface area contributed by atoms with E-state index < -0.39 is 0 Å². The summed E-state index contributed by atoms with van der Waals surface area (Å²) in [5, 5.41) is 0.0788. The summed E-state index contributed by atoms with van der Waals surface area (Å²) in [5.41, 5.74) is 1.21. The van der Waals surface area contributed by atoms with E-state index in [1.54, 1.807) is 6.92 Å². The number of carbonyl (C=O) groups excluding carboxylic acids is 2. The predicted octanol–water partition coefficient (Wildman–Crippen LogP) is 3.15. The second kappa shape index (κ2) is 5.08. The van der Waals surface area contributed by atoms with Gasteiger partial charge in [0.2, 0.25) is 5.12 Å². The number of thioether (sulfide) groups is 1. The van der Waals surface area contributed by atoms with Crippen LogP contribution in [0.4, 0.5) is 0 Å². The molecule has 0 saturated heterocycles. The van der Waals surface area contributed by atoms with Crippen LogP contribution < -0.4 is 0 Å². The molecule has 0 aromatic carbocycles. The highest BCUT2D eigenvalue weighted by atomic mass is 32.2. The molecule has 3 nitrogen and oxygen atoms in total. The van der Waals surface area contributed by atoms with Crippen molar-refractivity contribution in [1.82, 2.24) is 0 Å². The van der Waals surface area contributed by atoms with Crippen molar-refractivity contribution in [1.29, 1.82) is 0 Å². The Hall–Kier alpha value is -0.770. The van der Waals surface area contributed by atoms with E-state index in [0.717, 1.165) is 36.1 Å². The molecule has 0 N–H and O–H groups in total. The number of fused-ring (bicyclic) bond motifs is 1. The molecule has 0 amide bonds. The summed E-state index contributed by atoms with van der Waals surface area (Å²) in [4.78, 5) is 23.1. The highest BCUT2D eigenvalue weighted by Gasteiger charge is 2.52. The van der Waals surface area contributed by atoms with Gasteiger partial charge in [-0.25, -0.2) is 0 Å². The molecule has 3 rings (SSSR count). The molecule has 0 radical (unpaired) electrons. The molecule has 3 aliphatic rings. The van der Waals surface area contributed by atoms with E-state index >= 15 is 0 Å². The number of hydrogen-bond acceptors (Lipinski definition) is 4. The van der Waals surface area contributed by atoms with Gasteiger partial charge in [0.25, 0.3) is 0 Å². The Morgan fingerprint density at radius 1 is 1.50 bits per heavy atom. The molecular formula is C14H20O3S. The van der Waals surface area contributed by atoms with Crippen LogP contribution >= 0.6 is 11.8 Å². The van der Waals surface area contributed by atoms with Crippen LogP contribution in [0.2, 0.25) is 0 Å². The molecule has 0 aliphatic heterocycles. The lowest BCUT2D eigenvalue weighted by atomic mass is 9.49. The largest absolute Gasteiger partial charge is 0.454 e. The second-order valence-electron chi connectivity index (χ2n) is 5.62. The lowest BCUT2D eigenvalue weighted by molar-refractivity contribution is -0.140. The van der Waals surface area contributed by atoms with Crippen molar-refractivity contribution in [2.24, 2.45) is 17.3 Å². The van der Waals surface area contributed by atoms with Gasteiger partial charge in [-0.3, -0.25) is 9.59 Å². The summed E-state index contributed by atoms with van der Waals surface area (Å²) in [5.74, 6) is 1.02. The second-order valence-corrected chi connectivity index (χ2v) is 6.52. The number of allylic oxidation sites excluding steroid dienone is 1. The Bertz CT molecular complexity index is 398. The molecule has 3 aliphatic carbocycles. The summed E-state index contributed by atoms with van der Waals surface area (Å²) >= 11 is 1.11. The Labute approximate surface area is 112 Å². The fourth-order valence-corrected chi connectivity index (χ4v) is 3.60. The molecule has 0 aromatic rings. The smallest absolute Gasteiger partial charge is 0.306 e. The number of hydrogen-bond donors (Lipinski definition) is 0. The van der Waals surface area contributed by atoms with Crippen molar-refractivity contribution in [2.45, 2.75) is 40.0 Å². The lowest BCUT2D eigenvalue weighted by Gasteiger charge is -2.55. The summed E-state index contributed by atoms with van der Waals surface area (Å²) < 4.78 is 4.93. The van der Waals surface area contributed by atoms with Crippen molar-refractivity contribution in [2.75, 3.05) is 5.94 Å². The molecule has 0 heterocycles. The normalized spacial score (nSPS) is 28.1. The standard InChI is InChI=1S/C14H20O3S/c1-4-12(15)17-8-18-13(16)10-6-5-9-7-11(10)14(9,2)3/h6,9,11H,4-5,7-8H2,1-3H3/t9-,11-/m1/s1. The molecular weight excluding hydrogens is 248 g/mol. The average Bonchev–Trinajstić information content (AvgIpc) is 2.38. The highest BCUT2D eigenvalue weighted by molar-refractivity contribution is 8.14. The average molecular weight is 268 g/mol. The zero-order valence-corrected chi connectivity index (χ0v) is 12.0. The van der Waals surface area contributed by atoms with Crippen molar-refractivity contribution in [3.05, 3.63) is 11.6 Å². The Kier molecular flexibility index (Phi) is 3.85. The first-order valence-corrected chi connectivity index (χ1v) is 7.48. The maximum atomic E-state index is 12.1. The zero-order valence-electron chi connectivity index (χ0n) is 11.2. The highest BCUT2D eigenvalue weighted by Crippen LogP contribution is 2.59. The Morgan fingerprint density at radius 3 is 2.78 bits per heavy atom. The first kappa shape index (κ1) is 13.7. The number of carbonyl (C=O) groups is 2. The van der Waals surface area contributed by atoms with Gasteiger partial charge in [0.1, 0.15) is 5.94 Å². The van der Waals surface area contributed by atoms with Gasteiger partial charge >= 0.3 is 5.97 Å². The van der Waals surface area contributed by atoms with Gasteiger partial charge in [0.15, 0.2) is 0 Å². The van der Waals surface area contributed by atoms with E-state index in [9.17, 15) is 9.59 Å². The number of ether oxygens (including phenoxy) is 1. The minimum atomic E-state index is -0.253. The molecule has 2 atom stereocenters. The van der Waals surface area contributed by atoms with Gasteiger partial charge < -0.3 is 4.74 Å². The molecule has 0 aromatic heterocycles. The van der Waals surface area contributed by atoms with Crippen LogP contribution in [0.1, 0.15) is 40.0 Å². The van der Waals surface area contributed by atoms with Gasteiger partial charge in [0, 0.05) is 12.0 Å². The maximum absolute atomic E-state index is 12.1. The van der Waals surface area contributed by atoms with E-state index in [-0.39, 0.29) is 22.4 Å². The van der Waals surface area contributed by atoms with E-state index in [2.05, 4.69) is 19.9 Å². The fourth-order valence-electron chi connectivity index (χ4n) is 2.91. The first-order valence-electron chi connectivity index (χ1n) is 6.49. The summed E-state index contributed by atoms with van der Waals surface area (Å²) in [7, 11) is 0. The van der Waals surface area contributed by atoms with Gasteiger partial charge in [0.05, 0.1) is 0 Å². The summed E-state index contributed by atoms with van der Waals surface area (Å²) in [6.07, 6.45) is 4.59.